The predicted molar refractivity (Wildman–Crippen MR) is 76.6 cm³/mol. The Kier molecular flexibility index (Phi) is 4.27. The molecular formula is C15H15FN2O3. The molecule has 2 rings (SSSR count). The number of rotatable bonds is 4. The second kappa shape index (κ2) is 6.13. The smallest absolute Gasteiger partial charge is 0.255 e. The molecule has 0 saturated carbocycles. The van der Waals surface area contributed by atoms with Gasteiger partial charge in [-0.1, -0.05) is 6.07 Å². The number of phenolic OH excluding ortho intramolecular Hbond substituents is 1. The van der Waals surface area contributed by atoms with Crippen molar-refractivity contribution < 1.29 is 19.0 Å². The molecule has 0 aromatic heterocycles. The van der Waals surface area contributed by atoms with E-state index in [4.69, 9.17) is 10.5 Å². The molecule has 0 heterocycles. The first-order chi connectivity index (χ1) is 10.0. The molecule has 2 aromatic carbocycles. The van der Waals surface area contributed by atoms with Crippen molar-refractivity contribution in [3.05, 3.63) is 53.3 Å². The van der Waals surface area contributed by atoms with E-state index in [1.165, 1.54) is 7.11 Å². The standard InChI is InChI=1S/C15H15FN2O3/c1-21-14-5-2-9(6-12(14)17)8-18-15(20)11-7-10(16)3-4-13(11)19/h2-7,19H,8,17H2,1H3,(H,18,20). The summed E-state index contributed by atoms with van der Waals surface area (Å²) >= 11 is 0. The van der Waals surface area contributed by atoms with Crippen LogP contribution in [-0.2, 0) is 6.54 Å². The van der Waals surface area contributed by atoms with Gasteiger partial charge in [-0.15, -0.1) is 0 Å². The molecule has 0 aliphatic heterocycles. The second-order valence-corrected chi connectivity index (χ2v) is 4.42. The van der Waals surface area contributed by atoms with Gasteiger partial charge in [0, 0.05) is 6.54 Å². The Morgan fingerprint density at radius 2 is 2.10 bits per heavy atom. The van der Waals surface area contributed by atoms with Gasteiger partial charge >= 0.3 is 0 Å². The van der Waals surface area contributed by atoms with Crippen LogP contribution in [-0.4, -0.2) is 18.1 Å². The summed E-state index contributed by atoms with van der Waals surface area (Å²) in [6.45, 7) is 0.197. The number of amides is 1. The Morgan fingerprint density at radius 3 is 2.76 bits per heavy atom. The first kappa shape index (κ1) is 14.6. The van der Waals surface area contributed by atoms with Crippen LogP contribution < -0.4 is 15.8 Å². The maximum absolute atomic E-state index is 13.1. The minimum Gasteiger partial charge on any atom is -0.507 e. The van der Waals surface area contributed by atoms with E-state index in [0.29, 0.717) is 11.4 Å². The third-order valence-electron chi connectivity index (χ3n) is 2.95. The van der Waals surface area contributed by atoms with E-state index in [9.17, 15) is 14.3 Å². The summed E-state index contributed by atoms with van der Waals surface area (Å²) in [5, 5.41) is 12.1. The molecule has 2 aromatic rings. The predicted octanol–water partition coefficient (Wildman–Crippen LogP) is 2.05. The van der Waals surface area contributed by atoms with Crippen LogP contribution in [0.1, 0.15) is 15.9 Å². The largest absolute Gasteiger partial charge is 0.507 e. The molecule has 5 nitrogen and oxygen atoms in total. The topological polar surface area (TPSA) is 84.6 Å². The summed E-state index contributed by atoms with van der Waals surface area (Å²) in [6.07, 6.45) is 0. The van der Waals surface area contributed by atoms with E-state index in [1.54, 1.807) is 18.2 Å². The number of nitrogen functional groups attached to an aromatic ring is 1. The van der Waals surface area contributed by atoms with Gasteiger partial charge in [0.2, 0.25) is 0 Å². The lowest BCUT2D eigenvalue weighted by Crippen LogP contribution is -2.23. The van der Waals surface area contributed by atoms with Crippen LogP contribution in [0.2, 0.25) is 0 Å². The molecule has 0 radical (unpaired) electrons. The van der Waals surface area contributed by atoms with Crippen molar-refractivity contribution in [2.24, 2.45) is 0 Å². The summed E-state index contributed by atoms with van der Waals surface area (Å²) in [7, 11) is 1.51. The summed E-state index contributed by atoms with van der Waals surface area (Å²) in [4.78, 5) is 11.9. The zero-order valence-corrected chi connectivity index (χ0v) is 11.4. The van der Waals surface area contributed by atoms with Crippen LogP contribution in [0.25, 0.3) is 0 Å². The molecule has 110 valence electrons. The van der Waals surface area contributed by atoms with E-state index in [2.05, 4.69) is 5.32 Å². The molecule has 21 heavy (non-hydrogen) atoms. The Balaban J connectivity index is 2.07. The fraction of sp³-hybridized carbons (Fsp3) is 0.133. The van der Waals surface area contributed by atoms with Crippen molar-refractivity contribution in [3.63, 3.8) is 0 Å². The van der Waals surface area contributed by atoms with Crippen LogP contribution in [0.4, 0.5) is 10.1 Å². The van der Waals surface area contributed by atoms with Gasteiger partial charge in [-0.3, -0.25) is 4.79 Å². The van der Waals surface area contributed by atoms with E-state index in [-0.39, 0.29) is 17.9 Å². The molecule has 0 unspecified atom stereocenters. The number of hydrogen-bond donors (Lipinski definition) is 3. The number of hydrogen-bond acceptors (Lipinski definition) is 4. The summed E-state index contributed by atoms with van der Waals surface area (Å²) in [5.41, 5.74) is 6.87. The average Bonchev–Trinajstić information content (AvgIpc) is 2.47. The van der Waals surface area contributed by atoms with Gasteiger partial charge < -0.3 is 20.9 Å². The molecule has 0 bridgehead atoms. The number of benzene rings is 2. The monoisotopic (exact) mass is 290 g/mol. The highest BCUT2D eigenvalue weighted by molar-refractivity contribution is 5.96. The van der Waals surface area contributed by atoms with Gasteiger partial charge in [0.1, 0.15) is 17.3 Å². The quantitative estimate of drug-likeness (QED) is 0.752. The number of carbonyl (C=O) groups excluding carboxylic acids is 1. The molecular weight excluding hydrogens is 275 g/mol. The Bertz CT molecular complexity index is 674. The van der Waals surface area contributed by atoms with Crippen LogP contribution in [0.15, 0.2) is 36.4 Å². The first-order valence-corrected chi connectivity index (χ1v) is 6.20. The highest BCUT2D eigenvalue weighted by atomic mass is 19.1. The summed E-state index contributed by atoms with van der Waals surface area (Å²) in [6, 6.07) is 8.31. The number of phenols is 1. The molecule has 0 atom stereocenters. The van der Waals surface area contributed by atoms with Crippen LogP contribution >= 0.6 is 0 Å². The van der Waals surface area contributed by atoms with Crippen LogP contribution in [0.5, 0.6) is 11.5 Å². The van der Waals surface area contributed by atoms with E-state index < -0.39 is 11.7 Å². The van der Waals surface area contributed by atoms with Gasteiger partial charge in [0.05, 0.1) is 18.4 Å². The maximum Gasteiger partial charge on any atom is 0.255 e. The zero-order chi connectivity index (χ0) is 15.4. The van der Waals surface area contributed by atoms with Gasteiger partial charge in [0.25, 0.3) is 5.91 Å². The lowest BCUT2D eigenvalue weighted by Gasteiger charge is -2.09. The molecule has 0 fully saturated rings. The summed E-state index contributed by atoms with van der Waals surface area (Å²) < 4.78 is 18.1. The zero-order valence-electron chi connectivity index (χ0n) is 11.4. The minimum atomic E-state index is -0.591. The summed E-state index contributed by atoms with van der Waals surface area (Å²) in [5.74, 6) is -0.885. The molecule has 0 aliphatic carbocycles. The van der Waals surface area contributed by atoms with E-state index in [1.807, 2.05) is 0 Å². The van der Waals surface area contributed by atoms with Crippen molar-refractivity contribution in [2.45, 2.75) is 6.54 Å². The second-order valence-electron chi connectivity index (χ2n) is 4.42. The Labute approximate surface area is 121 Å². The van der Waals surface area contributed by atoms with Crippen molar-refractivity contribution in [3.8, 4) is 11.5 Å². The van der Waals surface area contributed by atoms with Gasteiger partial charge in [-0.25, -0.2) is 4.39 Å². The molecule has 1 amide bonds. The number of ether oxygens (including phenoxy) is 1. The minimum absolute atomic E-state index is 0.114. The maximum atomic E-state index is 13.1. The number of halogens is 1. The highest BCUT2D eigenvalue weighted by Gasteiger charge is 2.12. The third-order valence-corrected chi connectivity index (χ3v) is 2.95. The van der Waals surface area contributed by atoms with Crippen molar-refractivity contribution >= 4 is 11.6 Å². The van der Waals surface area contributed by atoms with Gasteiger partial charge in [-0.05, 0) is 35.9 Å². The number of anilines is 1. The molecule has 6 heteroatoms. The Hall–Kier alpha value is -2.76. The van der Waals surface area contributed by atoms with Gasteiger partial charge in [-0.2, -0.15) is 0 Å². The van der Waals surface area contributed by atoms with Crippen LogP contribution in [0.3, 0.4) is 0 Å². The Morgan fingerprint density at radius 1 is 1.33 bits per heavy atom. The molecule has 0 aliphatic rings. The number of methoxy groups -OCH3 is 1. The number of carbonyl (C=O) groups is 1. The van der Waals surface area contributed by atoms with Crippen molar-refractivity contribution in [1.29, 1.82) is 0 Å². The molecule has 0 saturated heterocycles. The SMILES string of the molecule is COc1ccc(CNC(=O)c2cc(F)ccc2O)cc1N. The van der Waals surface area contributed by atoms with E-state index in [0.717, 1.165) is 23.8 Å². The van der Waals surface area contributed by atoms with Crippen LogP contribution in [0, 0.1) is 5.82 Å². The highest BCUT2D eigenvalue weighted by Crippen LogP contribution is 2.22. The normalized spacial score (nSPS) is 10.2. The average molecular weight is 290 g/mol. The first-order valence-electron chi connectivity index (χ1n) is 6.20. The number of nitrogens with one attached hydrogen (secondary N) is 1. The van der Waals surface area contributed by atoms with Crippen molar-refractivity contribution in [2.75, 3.05) is 12.8 Å². The fourth-order valence-electron chi connectivity index (χ4n) is 1.86. The molecule has 4 N–H and O–H groups in total. The lowest BCUT2D eigenvalue weighted by atomic mass is 10.1. The van der Waals surface area contributed by atoms with Crippen molar-refractivity contribution in [1.82, 2.24) is 5.32 Å². The third kappa shape index (κ3) is 3.42. The lowest BCUT2D eigenvalue weighted by molar-refractivity contribution is 0.0947. The molecule has 0 spiro atoms. The number of nitrogens with two attached hydrogens (primary N) is 1. The fourth-order valence-corrected chi connectivity index (χ4v) is 1.86. The number of aromatic hydroxyl groups is 1. The van der Waals surface area contributed by atoms with E-state index >= 15 is 0 Å². The van der Waals surface area contributed by atoms with Gasteiger partial charge in [0.15, 0.2) is 0 Å².